The molecule has 3 aromatic carbocycles. The molecule has 2 aliphatic rings. The fourth-order valence-electron chi connectivity index (χ4n) is 6.88. The normalized spacial score (nSPS) is 22.6. The van der Waals surface area contributed by atoms with Crippen LogP contribution in [0.3, 0.4) is 0 Å². The van der Waals surface area contributed by atoms with Crippen molar-refractivity contribution in [3.8, 4) is 6.07 Å². The second-order valence-electron chi connectivity index (χ2n) is 12.9. The zero-order valence-corrected chi connectivity index (χ0v) is 28.5. The lowest BCUT2D eigenvalue weighted by Crippen LogP contribution is -2.46. The van der Waals surface area contributed by atoms with Crippen molar-refractivity contribution < 1.29 is 41.8 Å². The number of nitrogens with one attached hydrogen (secondary N) is 1. The summed E-state index contributed by atoms with van der Waals surface area (Å²) in [6, 6.07) is 18.6. The third-order valence-corrected chi connectivity index (χ3v) is 9.79. The Balaban J connectivity index is 0.000000727. The number of halogens is 7. The smallest absolute Gasteiger partial charge is 0.480 e. The van der Waals surface area contributed by atoms with Crippen molar-refractivity contribution >= 4 is 35.1 Å². The zero-order chi connectivity index (χ0) is 37.0. The summed E-state index contributed by atoms with van der Waals surface area (Å²) in [6.07, 6.45) is -1.80. The van der Waals surface area contributed by atoms with Gasteiger partial charge in [0.15, 0.2) is 0 Å². The molecule has 266 valence electrons. The van der Waals surface area contributed by atoms with Crippen LogP contribution in [0.4, 0.5) is 22.0 Å². The Morgan fingerprint density at radius 2 is 1.70 bits per heavy atom. The summed E-state index contributed by atoms with van der Waals surface area (Å²) >= 11 is 12.2. The standard InChI is InChI=1S/C34H33Cl2F2N3O2.C2HF3O2/c1-33(2,22-13-15-41(16-14-22)19-21-7-4-3-5-8-21)18-28-34(20-39,25-12-11-23(35)17-27(25)37)29(31(40-28)32(42)43)24-9-6-10-26(36)30(24)38;3-2(4,5)1(6)7/h3-13,17,28-29,31,40H,14-16,18-19H2,1-2H3,(H,42,43);(H,6,7)/t28-,29-,31+,34-;/m0./s1. The number of benzene rings is 3. The lowest BCUT2D eigenvalue weighted by atomic mass is 9.61. The largest absolute Gasteiger partial charge is 0.490 e. The van der Waals surface area contributed by atoms with Gasteiger partial charge in [-0.15, -0.1) is 0 Å². The Labute approximate surface area is 295 Å². The van der Waals surface area contributed by atoms with Crippen LogP contribution in [-0.4, -0.2) is 58.4 Å². The van der Waals surface area contributed by atoms with Gasteiger partial charge in [0.2, 0.25) is 0 Å². The molecule has 0 saturated carbocycles. The molecule has 0 radical (unpaired) electrons. The first-order valence-corrected chi connectivity index (χ1v) is 16.2. The van der Waals surface area contributed by atoms with Crippen molar-refractivity contribution in [2.45, 2.75) is 62.8 Å². The topological polar surface area (TPSA) is 114 Å². The van der Waals surface area contributed by atoms with Crippen LogP contribution in [-0.2, 0) is 21.5 Å². The van der Waals surface area contributed by atoms with Crippen molar-refractivity contribution in [3.63, 3.8) is 0 Å². The van der Waals surface area contributed by atoms with Crippen molar-refractivity contribution in [3.05, 3.63) is 117 Å². The van der Waals surface area contributed by atoms with E-state index in [2.05, 4.69) is 48.3 Å². The van der Waals surface area contributed by atoms with Gasteiger partial charge in [0.25, 0.3) is 0 Å². The highest BCUT2D eigenvalue weighted by atomic mass is 35.5. The number of hydrogen-bond donors (Lipinski definition) is 3. The van der Waals surface area contributed by atoms with Crippen LogP contribution in [0.2, 0.25) is 10.0 Å². The van der Waals surface area contributed by atoms with Gasteiger partial charge in [0.1, 0.15) is 23.1 Å². The zero-order valence-electron chi connectivity index (χ0n) is 26.9. The quantitative estimate of drug-likeness (QED) is 0.158. The maximum atomic E-state index is 15.8. The third-order valence-electron chi connectivity index (χ3n) is 9.27. The van der Waals surface area contributed by atoms with E-state index in [-0.39, 0.29) is 21.2 Å². The number of aliphatic carboxylic acids is 2. The van der Waals surface area contributed by atoms with Gasteiger partial charge in [-0.25, -0.2) is 13.6 Å². The summed E-state index contributed by atoms with van der Waals surface area (Å²) < 4.78 is 63.1. The van der Waals surface area contributed by atoms with E-state index in [0.29, 0.717) is 6.42 Å². The lowest BCUT2D eigenvalue weighted by molar-refractivity contribution is -0.192. The SMILES string of the molecule is CC(C)(C[C@@H]1N[C@@H](C(=O)O)[C@H](c2cccc(Cl)c2F)[C@@]1(C#N)c1ccc(Cl)cc1F)C1=CCN(Cc2ccccc2)CC1.O=C(O)C(F)(F)F. The van der Waals surface area contributed by atoms with E-state index >= 15 is 8.78 Å². The average Bonchev–Trinajstić information content (AvgIpc) is 3.37. The van der Waals surface area contributed by atoms with E-state index in [9.17, 15) is 28.3 Å². The number of carbonyl (C=O) groups is 2. The monoisotopic (exact) mass is 737 g/mol. The van der Waals surface area contributed by atoms with Crippen molar-refractivity contribution in [2.24, 2.45) is 5.41 Å². The van der Waals surface area contributed by atoms with Gasteiger partial charge < -0.3 is 10.2 Å². The average molecular weight is 739 g/mol. The molecule has 0 bridgehead atoms. The van der Waals surface area contributed by atoms with Gasteiger partial charge in [-0.05, 0) is 47.6 Å². The second-order valence-corrected chi connectivity index (χ2v) is 13.7. The number of carboxylic acid groups (broad SMARTS) is 2. The van der Waals surface area contributed by atoms with E-state index in [4.69, 9.17) is 33.1 Å². The Bertz CT molecular complexity index is 1800. The van der Waals surface area contributed by atoms with Crippen LogP contribution in [0, 0.1) is 28.4 Å². The summed E-state index contributed by atoms with van der Waals surface area (Å²) in [7, 11) is 0. The van der Waals surface area contributed by atoms with Crippen molar-refractivity contribution in [2.75, 3.05) is 13.1 Å². The number of carboxylic acids is 2. The third kappa shape index (κ3) is 8.29. The molecule has 50 heavy (non-hydrogen) atoms. The lowest BCUT2D eigenvalue weighted by Gasteiger charge is -2.40. The molecule has 0 amide bonds. The predicted octanol–water partition coefficient (Wildman–Crippen LogP) is 8.12. The van der Waals surface area contributed by atoms with E-state index in [1.807, 2.05) is 18.2 Å². The molecule has 0 unspecified atom stereocenters. The summed E-state index contributed by atoms with van der Waals surface area (Å²) in [5, 5.41) is 31.5. The summed E-state index contributed by atoms with van der Waals surface area (Å²) in [6.45, 7) is 6.52. The minimum absolute atomic E-state index is 0.0347. The number of nitriles is 1. The van der Waals surface area contributed by atoms with E-state index in [0.717, 1.165) is 32.1 Å². The fourth-order valence-corrected chi connectivity index (χ4v) is 7.22. The Kier molecular flexibility index (Phi) is 12.0. The fraction of sp³-hybridized carbons (Fsp3) is 0.361. The highest BCUT2D eigenvalue weighted by molar-refractivity contribution is 6.31. The molecule has 2 aliphatic heterocycles. The highest BCUT2D eigenvalue weighted by Gasteiger charge is 2.61. The van der Waals surface area contributed by atoms with Crippen molar-refractivity contribution in [1.82, 2.24) is 10.2 Å². The molecular weight excluding hydrogens is 704 g/mol. The molecule has 1 fully saturated rings. The first kappa shape index (κ1) is 38.8. The van der Waals surface area contributed by atoms with Crippen LogP contribution in [0.1, 0.15) is 49.3 Å². The van der Waals surface area contributed by atoms with Crippen LogP contribution in [0.5, 0.6) is 0 Å². The minimum Gasteiger partial charge on any atom is -0.480 e. The Morgan fingerprint density at radius 1 is 1.04 bits per heavy atom. The first-order valence-electron chi connectivity index (χ1n) is 15.5. The van der Waals surface area contributed by atoms with E-state index in [1.54, 1.807) is 0 Å². The molecule has 2 heterocycles. The molecule has 5 rings (SSSR count). The number of rotatable bonds is 8. The Morgan fingerprint density at radius 3 is 2.24 bits per heavy atom. The summed E-state index contributed by atoms with van der Waals surface area (Å²) in [4.78, 5) is 23.9. The van der Waals surface area contributed by atoms with Crippen LogP contribution >= 0.6 is 23.2 Å². The molecule has 3 aromatic rings. The minimum atomic E-state index is -5.08. The molecule has 3 N–H and O–H groups in total. The van der Waals surface area contributed by atoms with Gasteiger partial charge in [0, 0.05) is 42.2 Å². The van der Waals surface area contributed by atoms with Gasteiger partial charge in [0.05, 0.1) is 11.1 Å². The second kappa shape index (κ2) is 15.5. The number of hydrogen-bond acceptors (Lipinski definition) is 5. The maximum absolute atomic E-state index is 15.8. The molecule has 0 spiro atoms. The van der Waals surface area contributed by atoms with E-state index < -0.39 is 58.6 Å². The summed E-state index contributed by atoms with van der Waals surface area (Å²) in [5.74, 6) is -6.90. The van der Waals surface area contributed by atoms with Gasteiger partial charge >= 0.3 is 18.1 Å². The Hall–Kier alpha value is -4.02. The molecular formula is C36H34Cl2F5N3O4. The molecule has 14 heteroatoms. The molecule has 4 atom stereocenters. The molecule has 7 nitrogen and oxygen atoms in total. The van der Waals surface area contributed by atoms with Crippen LogP contribution < -0.4 is 5.32 Å². The van der Waals surface area contributed by atoms with Gasteiger partial charge in [-0.2, -0.15) is 18.4 Å². The number of nitrogens with zero attached hydrogens (tertiary/aromatic N) is 2. The van der Waals surface area contributed by atoms with Crippen molar-refractivity contribution in [1.29, 1.82) is 5.26 Å². The molecule has 0 aliphatic carbocycles. The summed E-state index contributed by atoms with van der Waals surface area (Å²) in [5.41, 5.74) is 0.0221. The van der Waals surface area contributed by atoms with Gasteiger partial charge in [-0.3, -0.25) is 15.0 Å². The maximum Gasteiger partial charge on any atom is 0.490 e. The predicted molar refractivity (Wildman–Crippen MR) is 178 cm³/mol. The molecule has 1 saturated heterocycles. The number of alkyl halides is 3. The first-order chi connectivity index (χ1) is 23.4. The van der Waals surface area contributed by atoms with Crippen LogP contribution in [0.25, 0.3) is 0 Å². The highest BCUT2D eigenvalue weighted by Crippen LogP contribution is 2.53. The van der Waals surface area contributed by atoms with Gasteiger partial charge in [-0.1, -0.05) is 97.2 Å². The van der Waals surface area contributed by atoms with Crippen LogP contribution in [0.15, 0.2) is 78.4 Å². The van der Waals surface area contributed by atoms with E-state index in [1.165, 1.54) is 41.5 Å². The molecule has 0 aromatic heterocycles.